The van der Waals surface area contributed by atoms with Gasteiger partial charge in [0.25, 0.3) is 0 Å². The highest BCUT2D eigenvalue weighted by atomic mass is 32.2. The lowest BCUT2D eigenvalue weighted by Gasteiger charge is -2.41. The van der Waals surface area contributed by atoms with Crippen LogP contribution in [0.25, 0.3) is 0 Å². The fraction of sp³-hybridized carbons (Fsp3) is 0.814. The van der Waals surface area contributed by atoms with Crippen LogP contribution < -0.4 is 26.6 Å². The number of nitrogens with one attached hydrogen (secondary N) is 5. The van der Waals surface area contributed by atoms with E-state index in [1.54, 1.807) is 54.5 Å². The maximum Gasteiger partial charge on any atom is 0.246 e. The van der Waals surface area contributed by atoms with Crippen molar-refractivity contribution in [3.8, 4) is 0 Å². The summed E-state index contributed by atoms with van der Waals surface area (Å²) in [5.41, 5.74) is -1.58. The molecule has 0 aromatic carbocycles. The number of amides is 11. The molecule has 0 bridgehead atoms. The van der Waals surface area contributed by atoms with E-state index in [9.17, 15) is 29.4 Å². The van der Waals surface area contributed by atoms with Gasteiger partial charge in [0.05, 0.1) is 11.7 Å². The van der Waals surface area contributed by atoms with E-state index in [0.29, 0.717) is 5.75 Å². The Kier molecular flexibility index (Phi) is 36.3. The lowest BCUT2D eigenvalue weighted by molar-refractivity contribution is -0.157. The number of rotatable bonds is 21. The number of carbonyl (C=O) groups is 11. The predicted molar refractivity (Wildman–Crippen MR) is 380 cm³/mol. The Hall–Kier alpha value is -5.90. The molecular formula is C70H127N13O13S. The summed E-state index contributed by atoms with van der Waals surface area (Å²) in [5.74, 6) is -9.61. The monoisotopic (exact) mass is 1390 g/mol. The van der Waals surface area contributed by atoms with E-state index in [0.717, 1.165) is 48.9 Å². The van der Waals surface area contributed by atoms with Crippen LogP contribution in [0.2, 0.25) is 0 Å². The molecular weight excluding hydrogens is 1260 g/mol. The molecule has 0 unspecified atom stereocenters. The molecule has 0 saturated carbocycles. The average Bonchev–Trinajstić information content (AvgIpc) is 0.808. The summed E-state index contributed by atoms with van der Waals surface area (Å²) in [4.78, 5) is 175. The van der Waals surface area contributed by atoms with Crippen LogP contribution in [-0.2, 0) is 52.7 Å². The molecule has 26 nitrogen and oxygen atoms in total. The first-order valence-electron chi connectivity index (χ1n) is 35.1. The van der Waals surface area contributed by atoms with Crippen molar-refractivity contribution in [1.29, 1.82) is 0 Å². The van der Waals surface area contributed by atoms with E-state index in [4.69, 9.17) is 0 Å². The summed E-state index contributed by atoms with van der Waals surface area (Å²) in [6.07, 6.45) is 3.13. The van der Waals surface area contributed by atoms with Crippen LogP contribution in [0.1, 0.15) is 163 Å². The normalized spacial score (nSPS) is 27.1. The molecule has 0 aromatic heterocycles. The molecule has 7 N–H and O–H groups in total. The van der Waals surface area contributed by atoms with Gasteiger partial charge in [-0.3, -0.25) is 52.7 Å². The van der Waals surface area contributed by atoms with Gasteiger partial charge in [0.15, 0.2) is 0 Å². The second-order valence-corrected chi connectivity index (χ2v) is 30.9. The van der Waals surface area contributed by atoms with Crippen LogP contribution in [0.15, 0.2) is 12.2 Å². The largest absolute Gasteiger partial charge is 0.390 e. The Labute approximate surface area is 585 Å². The molecule has 2 fully saturated rings. The van der Waals surface area contributed by atoms with Gasteiger partial charge in [-0.2, -0.15) is 11.8 Å². The Balaban J connectivity index is 3.11. The fourth-order valence-electron chi connectivity index (χ4n) is 12.5. The zero-order valence-corrected chi connectivity index (χ0v) is 64.1. The maximum atomic E-state index is 15.5. The van der Waals surface area contributed by atoms with Gasteiger partial charge in [-0.25, -0.2) is 0 Å². The summed E-state index contributed by atoms with van der Waals surface area (Å²) < 4.78 is 0. The summed E-state index contributed by atoms with van der Waals surface area (Å²) in [6.45, 7) is 33.3. The molecule has 0 aromatic rings. The number of thioether (sulfide) groups is 1. The van der Waals surface area contributed by atoms with Crippen LogP contribution >= 0.6 is 11.8 Å². The molecule has 556 valence electrons. The zero-order chi connectivity index (χ0) is 74.4. The number of aliphatic hydroxyl groups is 2. The van der Waals surface area contributed by atoms with Crippen LogP contribution in [0.4, 0.5) is 0 Å². The van der Waals surface area contributed by atoms with E-state index in [2.05, 4.69) is 31.5 Å². The van der Waals surface area contributed by atoms with Gasteiger partial charge in [-0.05, 0) is 121 Å². The van der Waals surface area contributed by atoms with Crippen molar-refractivity contribution in [2.45, 2.75) is 241 Å². The quantitative estimate of drug-likeness (QED) is 0.0642. The Morgan fingerprint density at radius 3 is 1.47 bits per heavy atom. The molecule has 2 saturated heterocycles. The standard InChI is InChI=1S/C70H127N13O13S/c1-25-27-29-46(13)58(84)57-62(88)74-49(26-2)64(90)80(22)54(40-97-35-28-32-83-33-30-71-31-34-83)67(93)79(21)53(39-70(16,17)96)61(87)75-55(44(9)10)68(94)76(18)50(36-41(3)4)60(86)72-47(14)59(85)73-48(15)63(89)77(19)51(37-42(5)6)65(91)78(20)52(38-43(7)8)66(92)81(23)56(45(11)12)69(95)82(57)24/h25,27,41-58,71,84,96H,26,28-40H2,1-24H3,(H,72,86)(H,73,85)(H,74,88)(H,75,87)/t46-,47+,48-,49+,50+,51+,52+,53+,54-,55+,56+,57+,58-/m1/s1. The van der Waals surface area contributed by atoms with Crippen molar-refractivity contribution in [2.24, 2.45) is 35.5 Å². The first-order chi connectivity index (χ1) is 45.0. The number of piperazine rings is 1. The van der Waals surface area contributed by atoms with Gasteiger partial charge in [0.1, 0.15) is 66.5 Å². The van der Waals surface area contributed by atoms with Crippen molar-refractivity contribution in [1.82, 2.24) is 65.8 Å². The lowest BCUT2D eigenvalue weighted by Crippen LogP contribution is -2.64. The topological polar surface area (TPSA) is 314 Å². The molecule has 2 aliphatic rings. The highest BCUT2D eigenvalue weighted by molar-refractivity contribution is 7.99. The molecule has 2 heterocycles. The van der Waals surface area contributed by atoms with Gasteiger partial charge in [-0.15, -0.1) is 0 Å². The van der Waals surface area contributed by atoms with Gasteiger partial charge >= 0.3 is 0 Å². The van der Waals surface area contributed by atoms with Crippen molar-refractivity contribution in [3.05, 3.63) is 12.2 Å². The van der Waals surface area contributed by atoms with Gasteiger partial charge in [0.2, 0.25) is 65.0 Å². The number of hydrogen-bond donors (Lipinski definition) is 7. The Morgan fingerprint density at radius 1 is 0.526 bits per heavy atom. The first-order valence-corrected chi connectivity index (χ1v) is 36.2. The fourth-order valence-corrected chi connectivity index (χ4v) is 13.6. The van der Waals surface area contributed by atoms with E-state index in [1.165, 1.54) is 113 Å². The molecule has 13 atom stereocenters. The highest BCUT2D eigenvalue weighted by Gasteiger charge is 2.47. The summed E-state index contributed by atoms with van der Waals surface area (Å²) in [6, 6.07) is -14.4. The van der Waals surface area contributed by atoms with Crippen molar-refractivity contribution >= 4 is 76.7 Å². The van der Waals surface area contributed by atoms with E-state index in [1.807, 2.05) is 47.6 Å². The number of carbonyl (C=O) groups excluding carboxylic acids is 11. The lowest BCUT2D eigenvalue weighted by atomic mass is 9.91. The van der Waals surface area contributed by atoms with E-state index < -0.39 is 161 Å². The minimum absolute atomic E-state index is 0.0229. The molecule has 0 aliphatic carbocycles. The molecule has 2 rings (SSSR count). The van der Waals surface area contributed by atoms with Gasteiger partial charge in [-0.1, -0.05) is 95.2 Å². The third-order valence-corrected chi connectivity index (χ3v) is 19.8. The van der Waals surface area contributed by atoms with E-state index in [-0.39, 0.29) is 62.0 Å². The minimum Gasteiger partial charge on any atom is -0.390 e. The number of allylic oxidation sites excluding steroid dienone is 2. The molecule has 27 heteroatoms. The zero-order valence-electron chi connectivity index (χ0n) is 63.3. The average molecular weight is 1390 g/mol. The minimum atomic E-state index is -1.66. The molecule has 0 radical (unpaired) electrons. The van der Waals surface area contributed by atoms with Gasteiger partial charge in [0, 0.05) is 87.7 Å². The van der Waals surface area contributed by atoms with Crippen LogP contribution in [0, 0.1) is 35.5 Å². The van der Waals surface area contributed by atoms with Crippen LogP contribution in [0.5, 0.6) is 0 Å². The summed E-state index contributed by atoms with van der Waals surface area (Å²) >= 11 is 1.42. The van der Waals surface area contributed by atoms with Crippen LogP contribution in [-0.4, -0.2) is 286 Å². The SMILES string of the molecule is CC=CC[C@@H](C)[C@@H](O)[C@H]1C(=O)N[C@@H](CC)C(=O)N(C)[C@H](CSCCCN2CCNCC2)C(=O)N(C)[C@@H](CC(C)(C)O)C(=O)N[C@@H](C(C)C)C(=O)N(C)[C@@H](CC(C)C)C(=O)N[C@@H](C)C(=O)N[C@H](C)C(=O)N(C)[C@@H](CC(C)C)C(=O)N(C)[C@@H](CC(C)C)C(=O)N(C)[C@@H](C(C)C)C(=O)N1C. The number of hydrogen-bond acceptors (Lipinski definition) is 16. The maximum absolute atomic E-state index is 15.5. The van der Waals surface area contributed by atoms with E-state index >= 15 is 33.6 Å². The number of aliphatic hydroxyl groups excluding tert-OH is 1. The first kappa shape index (κ1) is 87.2. The number of nitrogens with zero attached hydrogens (tertiary/aromatic N) is 8. The molecule has 97 heavy (non-hydrogen) atoms. The Morgan fingerprint density at radius 2 is 0.979 bits per heavy atom. The smallest absolute Gasteiger partial charge is 0.246 e. The third-order valence-electron chi connectivity index (χ3n) is 18.6. The second kappa shape index (κ2) is 40.4. The van der Waals surface area contributed by atoms with Crippen molar-refractivity contribution in [3.63, 3.8) is 0 Å². The third kappa shape index (κ3) is 25.7. The molecule has 11 amide bonds. The van der Waals surface area contributed by atoms with Gasteiger partial charge < -0.3 is 76.0 Å². The summed E-state index contributed by atoms with van der Waals surface area (Å²) in [7, 11) is 9.92. The molecule has 2 aliphatic heterocycles. The van der Waals surface area contributed by atoms with Crippen LogP contribution in [0.3, 0.4) is 0 Å². The highest BCUT2D eigenvalue weighted by Crippen LogP contribution is 2.27. The van der Waals surface area contributed by atoms with Crippen molar-refractivity contribution in [2.75, 3.05) is 93.6 Å². The predicted octanol–water partition coefficient (Wildman–Crippen LogP) is 2.78. The van der Waals surface area contributed by atoms with Crippen molar-refractivity contribution < 1.29 is 63.0 Å². The Bertz CT molecular complexity index is 2650. The molecule has 0 spiro atoms. The second-order valence-electron chi connectivity index (χ2n) is 29.7. The summed E-state index contributed by atoms with van der Waals surface area (Å²) in [5, 5.41) is 38.2. The number of likely N-dealkylation sites (N-methyl/N-ethyl adjacent to an activating group) is 7.